The van der Waals surface area contributed by atoms with E-state index in [1.54, 1.807) is 0 Å². The number of aliphatic hydroxyl groups is 2. The van der Waals surface area contributed by atoms with Gasteiger partial charge in [-0.25, -0.2) is 0 Å². The summed E-state index contributed by atoms with van der Waals surface area (Å²) in [5.41, 5.74) is 0. The van der Waals surface area contributed by atoms with Crippen molar-refractivity contribution in [3.05, 3.63) is 24.3 Å². The highest BCUT2D eigenvalue weighted by atomic mass is 16.6. The van der Waals surface area contributed by atoms with Crippen LogP contribution in [0.25, 0.3) is 0 Å². The molecule has 0 amide bonds. The molecule has 0 aromatic carbocycles. The monoisotopic (exact) mass is 919 g/mol. The van der Waals surface area contributed by atoms with E-state index in [1.807, 2.05) is 0 Å². The van der Waals surface area contributed by atoms with Gasteiger partial charge in [-0.15, -0.1) is 0 Å². The van der Waals surface area contributed by atoms with Crippen molar-refractivity contribution in [2.45, 2.75) is 309 Å². The standard InChI is InChI=1S/C57H106O8/c1-4-7-10-13-14-15-16-17-18-19-20-21-28-33-40-47-55(60)63-50-54(65-57(62)49-42-35-30-25-23-27-32-39-46-53(59)44-37-12-9-6-3)51-64-56(61)48-41-34-29-24-22-26-31-38-45-52(58)43-36-11-8-5-2/h31-32,38-39,52-54,58-59H,4-30,33-37,40-51H2,1-3H3/b38-31-,39-32-/t52-,53-,54?/m1/s1. The summed E-state index contributed by atoms with van der Waals surface area (Å²) in [7, 11) is 0. The minimum absolute atomic E-state index is 0.105. The summed E-state index contributed by atoms with van der Waals surface area (Å²) in [5, 5.41) is 20.3. The number of aliphatic hydroxyl groups excluding tert-OH is 2. The fraction of sp³-hybridized carbons (Fsp3) is 0.877. The van der Waals surface area contributed by atoms with Crippen LogP contribution in [0.3, 0.4) is 0 Å². The highest BCUT2D eigenvalue weighted by Gasteiger charge is 2.19. The first-order valence-corrected chi connectivity index (χ1v) is 28.0. The Labute approximate surface area is 401 Å². The number of unbranched alkanes of at least 4 members (excludes halogenated alkanes) is 30. The fourth-order valence-electron chi connectivity index (χ4n) is 8.23. The molecule has 0 rings (SSSR count). The number of allylic oxidation sites excluding steroid dienone is 2. The SMILES string of the molecule is CCCCCCCCCCCCCCCCCC(=O)OCC(COC(=O)CCCCCCC/C=C\C[C@H](O)CCCCCC)OC(=O)CCCCCCC/C=C\C[C@H](O)CCCCCC. The Morgan fingerprint density at radius 3 is 1.02 bits per heavy atom. The quantitative estimate of drug-likeness (QED) is 0.0268. The molecule has 0 aliphatic carbocycles. The summed E-state index contributed by atoms with van der Waals surface area (Å²) in [6, 6.07) is 0. The zero-order chi connectivity index (χ0) is 47.5. The molecule has 8 nitrogen and oxygen atoms in total. The molecular formula is C57H106O8. The van der Waals surface area contributed by atoms with Gasteiger partial charge in [-0.05, 0) is 70.6 Å². The number of esters is 3. The molecule has 3 atom stereocenters. The van der Waals surface area contributed by atoms with E-state index in [0.717, 1.165) is 135 Å². The Morgan fingerprint density at radius 1 is 0.369 bits per heavy atom. The van der Waals surface area contributed by atoms with Crippen LogP contribution in [-0.4, -0.2) is 59.6 Å². The highest BCUT2D eigenvalue weighted by molar-refractivity contribution is 5.71. The molecule has 382 valence electrons. The fourth-order valence-corrected chi connectivity index (χ4v) is 8.23. The van der Waals surface area contributed by atoms with Crippen LogP contribution >= 0.6 is 0 Å². The van der Waals surface area contributed by atoms with Crippen molar-refractivity contribution in [3.8, 4) is 0 Å². The van der Waals surface area contributed by atoms with E-state index in [1.165, 1.54) is 116 Å². The van der Waals surface area contributed by atoms with Gasteiger partial charge in [0.2, 0.25) is 0 Å². The van der Waals surface area contributed by atoms with Gasteiger partial charge in [-0.3, -0.25) is 14.4 Å². The summed E-state index contributed by atoms with van der Waals surface area (Å²) in [6.45, 7) is 6.46. The van der Waals surface area contributed by atoms with Gasteiger partial charge in [0.1, 0.15) is 13.2 Å². The third-order valence-electron chi connectivity index (χ3n) is 12.6. The van der Waals surface area contributed by atoms with E-state index in [-0.39, 0.29) is 49.8 Å². The summed E-state index contributed by atoms with van der Waals surface area (Å²) < 4.78 is 16.8. The molecule has 0 radical (unpaired) electrons. The normalized spacial score (nSPS) is 13.1. The number of hydrogen-bond acceptors (Lipinski definition) is 8. The molecule has 0 fully saturated rings. The Kier molecular flexibility index (Phi) is 49.5. The van der Waals surface area contributed by atoms with Gasteiger partial charge in [0.15, 0.2) is 6.10 Å². The maximum Gasteiger partial charge on any atom is 0.306 e. The molecule has 0 spiro atoms. The predicted molar refractivity (Wildman–Crippen MR) is 273 cm³/mol. The van der Waals surface area contributed by atoms with Gasteiger partial charge in [0.05, 0.1) is 12.2 Å². The van der Waals surface area contributed by atoms with Crippen LogP contribution in [0.1, 0.15) is 290 Å². The van der Waals surface area contributed by atoms with Crippen molar-refractivity contribution >= 4 is 17.9 Å². The summed E-state index contributed by atoms with van der Waals surface area (Å²) >= 11 is 0. The van der Waals surface area contributed by atoms with Crippen LogP contribution in [0.4, 0.5) is 0 Å². The predicted octanol–water partition coefficient (Wildman–Crippen LogP) is 16.3. The average Bonchev–Trinajstić information content (AvgIpc) is 3.30. The van der Waals surface area contributed by atoms with E-state index < -0.39 is 6.10 Å². The summed E-state index contributed by atoms with van der Waals surface area (Å²) in [5.74, 6) is -0.972. The van der Waals surface area contributed by atoms with E-state index >= 15 is 0 Å². The number of carbonyl (C=O) groups is 3. The zero-order valence-electron chi connectivity index (χ0n) is 43.0. The molecule has 1 unspecified atom stereocenters. The van der Waals surface area contributed by atoms with Crippen molar-refractivity contribution in [2.75, 3.05) is 13.2 Å². The topological polar surface area (TPSA) is 119 Å². The first-order chi connectivity index (χ1) is 31.8. The first-order valence-electron chi connectivity index (χ1n) is 28.0. The molecule has 0 aliphatic rings. The van der Waals surface area contributed by atoms with Crippen molar-refractivity contribution in [1.29, 1.82) is 0 Å². The van der Waals surface area contributed by atoms with E-state index in [0.29, 0.717) is 12.8 Å². The Hall–Kier alpha value is -2.19. The van der Waals surface area contributed by atoms with Crippen LogP contribution < -0.4 is 0 Å². The van der Waals surface area contributed by atoms with Gasteiger partial charge in [-0.2, -0.15) is 0 Å². The molecule has 0 saturated carbocycles. The van der Waals surface area contributed by atoms with Crippen LogP contribution in [0.15, 0.2) is 24.3 Å². The summed E-state index contributed by atoms with van der Waals surface area (Å²) in [6.07, 6.45) is 51.9. The van der Waals surface area contributed by atoms with Gasteiger partial charge in [-0.1, -0.05) is 225 Å². The van der Waals surface area contributed by atoms with Crippen LogP contribution in [0, 0.1) is 0 Å². The second-order valence-corrected chi connectivity index (χ2v) is 19.2. The van der Waals surface area contributed by atoms with Crippen molar-refractivity contribution in [2.24, 2.45) is 0 Å². The Morgan fingerprint density at radius 2 is 0.662 bits per heavy atom. The second kappa shape index (κ2) is 51.2. The molecule has 0 aliphatic heterocycles. The van der Waals surface area contributed by atoms with Crippen molar-refractivity contribution in [3.63, 3.8) is 0 Å². The zero-order valence-corrected chi connectivity index (χ0v) is 43.0. The van der Waals surface area contributed by atoms with Crippen LogP contribution in [0.2, 0.25) is 0 Å². The Balaban J connectivity index is 4.44. The third-order valence-corrected chi connectivity index (χ3v) is 12.6. The highest BCUT2D eigenvalue weighted by Crippen LogP contribution is 2.16. The minimum Gasteiger partial charge on any atom is -0.462 e. The lowest BCUT2D eigenvalue weighted by Gasteiger charge is -2.18. The largest absolute Gasteiger partial charge is 0.462 e. The molecule has 0 aromatic rings. The molecule has 2 N–H and O–H groups in total. The third kappa shape index (κ3) is 49.5. The molecule has 0 saturated heterocycles. The molecular weight excluding hydrogens is 813 g/mol. The Bertz CT molecular complexity index is 1090. The maximum atomic E-state index is 12.8. The molecule has 65 heavy (non-hydrogen) atoms. The number of ether oxygens (including phenoxy) is 3. The van der Waals surface area contributed by atoms with E-state index in [4.69, 9.17) is 14.2 Å². The molecule has 0 bridgehead atoms. The number of hydrogen-bond donors (Lipinski definition) is 2. The lowest BCUT2D eigenvalue weighted by Crippen LogP contribution is -2.30. The average molecular weight is 919 g/mol. The van der Waals surface area contributed by atoms with Crippen LogP contribution in [0.5, 0.6) is 0 Å². The van der Waals surface area contributed by atoms with Gasteiger partial charge in [0.25, 0.3) is 0 Å². The van der Waals surface area contributed by atoms with Crippen molar-refractivity contribution < 1.29 is 38.8 Å². The maximum absolute atomic E-state index is 12.8. The minimum atomic E-state index is -0.812. The lowest BCUT2D eigenvalue weighted by atomic mass is 10.0. The van der Waals surface area contributed by atoms with E-state index in [9.17, 15) is 24.6 Å². The summed E-state index contributed by atoms with van der Waals surface area (Å²) in [4.78, 5) is 38.1. The van der Waals surface area contributed by atoms with Gasteiger partial charge < -0.3 is 24.4 Å². The molecule has 0 aromatic heterocycles. The molecule has 8 heteroatoms. The molecule has 0 heterocycles. The lowest BCUT2D eigenvalue weighted by molar-refractivity contribution is -0.167. The van der Waals surface area contributed by atoms with Gasteiger partial charge in [0, 0.05) is 19.3 Å². The number of rotatable bonds is 51. The number of carbonyl (C=O) groups excluding carboxylic acids is 3. The van der Waals surface area contributed by atoms with Crippen molar-refractivity contribution in [1.82, 2.24) is 0 Å². The van der Waals surface area contributed by atoms with Crippen LogP contribution in [-0.2, 0) is 28.6 Å². The van der Waals surface area contributed by atoms with Gasteiger partial charge >= 0.3 is 17.9 Å². The smallest absolute Gasteiger partial charge is 0.306 e. The first kappa shape index (κ1) is 62.8. The van der Waals surface area contributed by atoms with E-state index in [2.05, 4.69) is 45.1 Å². The second-order valence-electron chi connectivity index (χ2n) is 19.2.